The molecule has 1 aromatic heterocycles. The van der Waals surface area contributed by atoms with Crippen LogP contribution in [0.4, 0.5) is 9.93 Å². The molecule has 7 heteroatoms. The number of nitrogens with one attached hydrogen (secondary N) is 2. The van der Waals surface area contributed by atoms with Crippen LogP contribution in [0.2, 0.25) is 0 Å². The number of hydrogen-bond donors (Lipinski definition) is 2. The standard InChI is InChI=1S/C14H22N4O2S/c19-13(15-11-4-2-1-3-5-11)16-14-18-17-12(21-14)10-6-8-20-9-7-10/h10-11H,1-9H2,(H2,15,16,18,19). The van der Waals surface area contributed by atoms with Crippen LogP contribution in [0.1, 0.15) is 55.9 Å². The predicted octanol–water partition coefficient (Wildman–Crippen LogP) is 2.89. The first kappa shape index (κ1) is 14.7. The summed E-state index contributed by atoms with van der Waals surface area (Å²) in [5.41, 5.74) is 0. The number of rotatable bonds is 3. The summed E-state index contributed by atoms with van der Waals surface area (Å²) in [6.07, 6.45) is 7.83. The number of aromatic nitrogens is 2. The summed E-state index contributed by atoms with van der Waals surface area (Å²) in [6, 6.07) is 0.151. The Morgan fingerprint density at radius 1 is 1.10 bits per heavy atom. The van der Waals surface area contributed by atoms with Gasteiger partial charge in [-0.15, -0.1) is 10.2 Å². The van der Waals surface area contributed by atoms with E-state index in [-0.39, 0.29) is 6.03 Å². The van der Waals surface area contributed by atoms with Gasteiger partial charge in [-0.2, -0.15) is 0 Å². The molecule has 2 heterocycles. The zero-order chi connectivity index (χ0) is 14.5. The minimum absolute atomic E-state index is 0.156. The van der Waals surface area contributed by atoms with E-state index in [0.717, 1.165) is 43.9 Å². The fourth-order valence-electron chi connectivity index (χ4n) is 2.96. The van der Waals surface area contributed by atoms with E-state index < -0.39 is 0 Å². The lowest BCUT2D eigenvalue weighted by molar-refractivity contribution is 0.0851. The number of nitrogens with zero attached hydrogens (tertiary/aromatic N) is 2. The summed E-state index contributed by atoms with van der Waals surface area (Å²) < 4.78 is 5.35. The summed E-state index contributed by atoms with van der Waals surface area (Å²) >= 11 is 1.48. The molecule has 21 heavy (non-hydrogen) atoms. The van der Waals surface area contributed by atoms with Crippen molar-refractivity contribution in [3.8, 4) is 0 Å². The second kappa shape index (κ2) is 7.17. The van der Waals surface area contributed by atoms with Crippen molar-refractivity contribution >= 4 is 22.5 Å². The van der Waals surface area contributed by atoms with Gasteiger partial charge in [0.2, 0.25) is 5.13 Å². The molecule has 3 rings (SSSR count). The van der Waals surface area contributed by atoms with Crippen molar-refractivity contribution < 1.29 is 9.53 Å². The first-order valence-electron chi connectivity index (χ1n) is 7.80. The number of anilines is 1. The van der Waals surface area contributed by atoms with Crippen molar-refractivity contribution in [1.29, 1.82) is 0 Å². The molecule has 1 aliphatic carbocycles. The van der Waals surface area contributed by atoms with E-state index in [4.69, 9.17) is 4.74 Å². The smallest absolute Gasteiger partial charge is 0.321 e. The SMILES string of the molecule is O=C(Nc1nnc(C2CCOCC2)s1)NC1CCCCC1. The van der Waals surface area contributed by atoms with Crippen LogP contribution >= 0.6 is 11.3 Å². The van der Waals surface area contributed by atoms with Gasteiger partial charge < -0.3 is 10.1 Å². The molecule has 2 N–H and O–H groups in total. The molecule has 0 aromatic carbocycles. The van der Waals surface area contributed by atoms with Gasteiger partial charge in [-0.05, 0) is 25.7 Å². The van der Waals surface area contributed by atoms with Crippen LogP contribution in [0.3, 0.4) is 0 Å². The lowest BCUT2D eigenvalue weighted by Crippen LogP contribution is -2.38. The Kier molecular flexibility index (Phi) is 5.03. The summed E-state index contributed by atoms with van der Waals surface area (Å²) in [7, 11) is 0. The Balaban J connectivity index is 1.50. The Bertz CT molecular complexity index is 467. The van der Waals surface area contributed by atoms with Crippen LogP contribution in [-0.2, 0) is 4.74 Å². The Hall–Kier alpha value is -1.21. The molecule has 1 saturated carbocycles. The monoisotopic (exact) mass is 310 g/mol. The Labute approximate surface area is 128 Å². The Morgan fingerprint density at radius 2 is 1.86 bits per heavy atom. The molecule has 1 aromatic rings. The predicted molar refractivity (Wildman–Crippen MR) is 81.7 cm³/mol. The van der Waals surface area contributed by atoms with Crippen molar-refractivity contribution in [3.63, 3.8) is 0 Å². The molecule has 0 atom stereocenters. The van der Waals surface area contributed by atoms with E-state index in [1.807, 2.05) is 0 Å². The van der Waals surface area contributed by atoms with Gasteiger partial charge in [-0.25, -0.2) is 4.79 Å². The molecular formula is C14H22N4O2S. The van der Waals surface area contributed by atoms with Gasteiger partial charge in [0.25, 0.3) is 0 Å². The normalized spacial score (nSPS) is 21.1. The van der Waals surface area contributed by atoms with Crippen molar-refractivity contribution in [2.45, 2.75) is 56.9 Å². The van der Waals surface area contributed by atoms with Crippen molar-refractivity contribution in [2.75, 3.05) is 18.5 Å². The van der Waals surface area contributed by atoms with Crippen LogP contribution in [0, 0.1) is 0 Å². The molecule has 2 amide bonds. The Morgan fingerprint density at radius 3 is 2.62 bits per heavy atom. The van der Waals surface area contributed by atoms with E-state index in [1.54, 1.807) is 0 Å². The minimum atomic E-state index is -0.156. The van der Waals surface area contributed by atoms with Gasteiger partial charge in [0.1, 0.15) is 5.01 Å². The number of carbonyl (C=O) groups excluding carboxylic acids is 1. The number of carbonyl (C=O) groups is 1. The molecule has 1 aliphatic heterocycles. The number of ether oxygens (including phenoxy) is 1. The zero-order valence-corrected chi connectivity index (χ0v) is 13.0. The molecule has 2 aliphatic rings. The maximum absolute atomic E-state index is 12.0. The minimum Gasteiger partial charge on any atom is -0.381 e. The van der Waals surface area contributed by atoms with Gasteiger partial charge in [0, 0.05) is 25.2 Å². The molecule has 0 radical (unpaired) electrons. The highest BCUT2D eigenvalue weighted by Crippen LogP contribution is 2.30. The quantitative estimate of drug-likeness (QED) is 0.900. The van der Waals surface area contributed by atoms with Crippen molar-refractivity contribution in [3.05, 3.63) is 5.01 Å². The number of amides is 2. The second-order valence-electron chi connectivity index (χ2n) is 5.77. The number of urea groups is 1. The highest BCUT2D eigenvalue weighted by Gasteiger charge is 2.21. The maximum atomic E-state index is 12.0. The summed E-state index contributed by atoms with van der Waals surface area (Å²) in [5.74, 6) is 0.424. The van der Waals surface area contributed by atoms with Crippen LogP contribution in [-0.4, -0.2) is 35.5 Å². The van der Waals surface area contributed by atoms with Crippen LogP contribution in [0.15, 0.2) is 0 Å². The third kappa shape index (κ3) is 4.14. The average molecular weight is 310 g/mol. The van der Waals surface area contributed by atoms with E-state index in [1.165, 1.54) is 30.6 Å². The molecule has 0 spiro atoms. The molecule has 2 fully saturated rings. The molecule has 6 nitrogen and oxygen atoms in total. The lowest BCUT2D eigenvalue weighted by atomic mass is 9.96. The third-order valence-electron chi connectivity index (χ3n) is 4.17. The molecule has 1 saturated heterocycles. The molecule has 0 unspecified atom stereocenters. The largest absolute Gasteiger partial charge is 0.381 e. The van der Waals surface area contributed by atoms with Gasteiger partial charge in [-0.1, -0.05) is 30.6 Å². The number of hydrogen-bond acceptors (Lipinski definition) is 5. The van der Waals surface area contributed by atoms with Gasteiger partial charge in [0.15, 0.2) is 0 Å². The van der Waals surface area contributed by atoms with E-state index in [2.05, 4.69) is 20.8 Å². The zero-order valence-electron chi connectivity index (χ0n) is 12.1. The fourth-order valence-corrected chi connectivity index (χ4v) is 3.87. The maximum Gasteiger partial charge on any atom is 0.321 e. The van der Waals surface area contributed by atoms with Crippen molar-refractivity contribution in [1.82, 2.24) is 15.5 Å². The van der Waals surface area contributed by atoms with Crippen LogP contribution in [0.5, 0.6) is 0 Å². The summed E-state index contributed by atoms with van der Waals surface area (Å²) in [4.78, 5) is 12.0. The fraction of sp³-hybridized carbons (Fsp3) is 0.786. The molecule has 116 valence electrons. The van der Waals surface area contributed by atoms with E-state index in [9.17, 15) is 4.79 Å². The average Bonchev–Trinajstić information content (AvgIpc) is 2.97. The molecular weight excluding hydrogens is 288 g/mol. The second-order valence-corrected chi connectivity index (χ2v) is 6.77. The first-order chi connectivity index (χ1) is 10.3. The summed E-state index contributed by atoms with van der Waals surface area (Å²) in [6.45, 7) is 1.57. The van der Waals surface area contributed by atoms with E-state index >= 15 is 0 Å². The van der Waals surface area contributed by atoms with Crippen LogP contribution < -0.4 is 10.6 Å². The summed E-state index contributed by atoms with van der Waals surface area (Å²) in [5, 5.41) is 15.7. The highest BCUT2D eigenvalue weighted by atomic mass is 32.1. The third-order valence-corrected chi connectivity index (χ3v) is 5.17. The van der Waals surface area contributed by atoms with Crippen molar-refractivity contribution in [2.24, 2.45) is 0 Å². The van der Waals surface area contributed by atoms with E-state index in [0.29, 0.717) is 17.1 Å². The van der Waals surface area contributed by atoms with Crippen LogP contribution in [0.25, 0.3) is 0 Å². The highest BCUT2D eigenvalue weighted by molar-refractivity contribution is 7.15. The van der Waals surface area contributed by atoms with Gasteiger partial charge in [-0.3, -0.25) is 5.32 Å². The lowest BCUT2D eigenvalue weighted by Gasteiger charge is -2.22. The topological polar surface area (TPSA) is 76.1 Å². The van der Waals surface area contributed by atoms with Gasteiger partial charge in [0.05, 0.1) is 0 Å². The first-order valence-corrected chi connectivity index (χ1v) is 8.61. The van der Waals surface area contributed by atoms with Gasteiger partial charge >= 0.3 is 6.03 Å². The molecule has 0 bridgehead atoms.